The first kappa shape index (κ1) is 17.5. The average molecular weight is 308 g/mol. The quantitative estimate of drug-likeness (QED) is 0.456. The predicted molar refractivity (Wildman–Crippen MR) is 81.3 cm³/mol. The van der Waals surface area contributed by atoms with Crippen LogP contribution in [0.5, 0.6) is 0 Å². The van der Waals surface area contributed by atoms with Crippen LogP contribution >= 0.6 is 0 Å². The van der Waals surface area contributed by atoms with Crippen molar-refractivity contribution < 1.29 is 19.6 Å². The second-order valence-electron chi connectivity index (χ2n) is 5.80. The Morgan fingerprint density at radius 1 is 1.41 bits per heavy atom. The van der Waals surface area contributed by atoms with E-state index in [1.54, 1.807) is 0 Å². The van der Waals surface area contributed by atoms with Gasteiger partial charge in [0.2, 0.25) is 0 Å². The number of carboxylic acid groups (broad SMARTS) is 1. The number of non-ortho nitro benzene ring substituents is 1. The van der Waals surface area contributed by atoms with Gasteiger partial charge in [-0.25, -0.2) is 4.79 Å². The van der Waals surface area contributed by atoms with E-state index in [0.29, 0.717) is 5.56 Å². The number of ether oxygens (including phenoxy) is 1. The molecule has 0 fully saturated rings. The van der Waals surface area contributed by atoms with E-state index in [9.17, 15) is 20.0 Å². The summed E-state index contributed by atoms with van der Waals surface area (Å²) in [6.07, 6.45) is 0.153. The number of nitro groups is 1. The fraction of sp³-hybridized carbons (Fsp3) is 0.400. The number of carbonyl (C=O) groups is 1. The van der Waals surface area contributed by atoms with Gasteiger partial charge < -0.3 is 15.2 Å². The lowest BCUT2D eigenvalue weighted by Crippen LogP contribution is -2.39. The number of nitrogens with one attached hydrogen (secondary N) is 1. The van der Waals surface area contributed by atoms with Gasteiger partial charge in [0.25, 0.3) is 5.69 Å². The van der Waals surface area contributed by atoms with Crippen LogP contribution in [0.3, 0.4) is 0 Å². The smallest absolute Gasteiger partial charge is 0.326 e. The summed E-state index contributed by atoms with van der Waals surface area (Å²) in [5.41, 5.74) is 0.138. The van der Waals surface area contributed by atoms with E-state index in [4.69, 9.17) is 4.74 Å². The first-order chi connectivity index (χ1) is 10.1. The summed E-state index contributed by atoms with van der Waals surface area (Å²) >= 11 is 0. The molecular weight excluding hydrogens is 288 g/mol. The zero-order valence-corrected chi connectivity index (χ0v) is 12.8. The number of benzene rings is 1. The molecule has 7 nitrogen and oxygen atoms in total. The Bertz CT molecular complexity index is 560. The molecule has 0 heterocycles. The van der Waals surface area contributed by atoms with Gasteiger partial charge >= 0.3 is 5.97 Å². The first-order valence-corrected chi connectivity index (χ1v) is 6.69. The summed E-state index contributed by atoms with van der Waals surface area (Å²) in [4.78, 5) is 21.4. The average Bonchev–Trinajstić information content (AvgIpc) is 2.36. The van der Waals surface area contributed by atoms with Crippen molar-refractivity contribution in [1.82, 2.24) is 5.32 Å². The molecule has 1 atom stereocenters. The highest BCUT2D eigenvalue weighted by Gasteiger charge is 2.21. The number of nitro benzene ring substituents is 1. The minimum Gasteiger partial charge on any atom is -0.480 e. The highest BCUT2D eigenvalue weighted by atomic mass is 16.6. The fourth-order valence-corrected chi connectivity index (χ4v) is 1.78. The van der Waals surface area contributed by atoms with Gasteiger partial charge in [0, 0.05) is 18.6 Å². The molecule has 1 aromatic carbocycles. The standard InChI is InChI=1S/C15H20N2O5/c1-10(22-15(2,3)4)16-13(14(18)19)9-11-5-7-12(8-6-11)17(20)21/h5-8,13,16H,1,9H2,2-4H3,(H,18,19)/t13-/m0/s1. The topological polar surface area (TPSA) is 102 Å². The predicted octanol–water partition coefficient (Wildman–Crippen LogP) is 2.47. The Morgan fingerprint density at radius 3 is 2.36 bits per heavy atom. The number of hydrogen-bond acceptors (Lipinski definition) is 5. The molecule has 0 aromatic heterocycles. The van der Waals surface area contributed by atoms with Crippen LogP contribution in [-0.4, -0.2) is 27.6 Å². The highest BCUT2D eigenvalue weighted by Crippen LogP contribution is 2.15. The van der Waals surface area contributed by atoms with Gasteiger partial charge in [-0.3, -0.25) is 10.1 Å². The summed E-state index contributed by atoms with van der Waals surface area (Å²) < 4.78 is 5.45. The van der Waals surface area contributed by atoms with Crippen LogP contribution in [0.2, 0.25) is 0 Å². The third-order valence-electron chi connectivity index (χ3n) is 2.65. The van der Waals surface area contributed by atoms with Crippen molar-refractivity contribution in [2.45, 2.75) is 38.8 Å². The molecule has 0 spiro atoms. The van der Waals surface area contributed by atoms with Crippen LogP contribution < -0.4 is 5.32 Å². The van der Waals surface area contributed by atoms with Gasteiger partial charge in [0.15, 0.2) is 5.88 Å². The molecule has 0 radical (unpaired) electrons. The van der Waals surface area contributed by atoms with E-state index >= 15 is 0 Å². The van der Waals surface area contributed by atoms with E-state index in [1.165, 1.54) is 24.3 Å². The second-order valence-corrected chi connectivity index (χ2v) is 5.80. The normalized spacial score (nSPS) is 12.3. The summed E-state index contributed by atoms with van der Waals surface area (Å²) in [5.74, 6) is -0.890. The zero-order chi connectivity index (χ0) is 16.9. The zero-order valence-electron chi connectivity index (χ0n) is 12.8. The minimum absolute atomic E-state index is 0.0379. The maximum absolute atomic E-state index is 11.3. The van der Waals surface area contributed by atoms with Gasteiger partial charge in [-0.15, -0.1) is 0 Å². The maximum atomic E-state index is 11.3. The molecule has 22 heavy (non-hydrogen) atoms. The number of aliphatic carboxylic acids is 1. The molecule has 0 unspecified atom stereocenters. The van der Waals surface area contributed by atoms with Crippen LogP contribution in [0.1, 0.15) is 26.3 Å². The Kier molecular flexibility index (Phi) is 5.50. The number of carboxylic acids is 1. The molecule has 2 N–H and O–H groups in total. The van der Waals surface area contributed by atoms with Gasteiger partial charge in [-0.1, -0.05) is 12.1 Å². The molecule has 0 aliphatic rings. The van der Waals surface area contributed by atoms with Gasteiger partial charge in [0.1, 0.15) is 11.6 Å². The van der Waals surface area contributed by atoms with Crippen molar-refractivity contribution in [3.05, 3.63) is 52.4 Å². The molecule has 7 heteroatoms. The first-order valence-electron chi connectivity index (χ1n) is 6.69. The molecule has 0 aliphatic heterocycles. The van der Waals surface area contributed by atoms with Gasteiger partial charge in [-0.2, -0.15) is 0 Å². The van der Waals surface area contributed by atoms with Crippen molar-refractivity contribution in [1.29, 1.82) is 0 Å². The summed E-state index contributed by atoms with van der Waals surface area (Å²) in [6.45, 7) is 9.13. The van der Waals surface area contributed by atoms with E-state index in [1.807, 2.05) is 20.8 Å². The molecule has 0 bridgehead atoms. The highest BCUT2D eigenvalue weighted by molar-refractivity contribution is 5.74. The number of rotatable bonds is 7. The summed E-state index contributed by atoms with van der Waals surface area (Å²) in [6, 6.07) is 4.81. The van der Waals surface area contributed by atoms with Crippen LogP contribution in [0.25, 0.3) is 0 Å². The largest absolute Gasteiger partial charge is 0.480 e. The van der Waals surface area contributed by atoms with Crippen molar-refractivity contribution in [3.8, 4) is 0 Å². The van der Waals surface area contributed by atoms with E-state index in [0.717, 1.165) is 0 Å². The van der Waals surface area contributed by atoms with Crippen molar-refractivity contribution in [2.75, 3.05) is 0 Å². The Morgan fingerprint density at radius 2 is 1.95 bits per heavy atom. The lowest BCUT2D eigenvalue weighted by molar-refractivity contribution is -0.384. The minimum atomic E-state index is -1.06. The molecule has 0 aliphatic carbocycles. The van der Waals surface area contributed by atoms with E-state index in [2.05, 4.69) is 11.9 Å². The summed E-state index contributed by atoms with van der Waals surface area (Å²) in [7, 11) is 0. The third-order valence-corrected chi connectivity index (χ3v) is 2.65. The maximum Gasteiger partial charge on any atom is 0.326 e. The SMILES string of the molecule is C=C(N[C@@H](Cc1ccc([N+](=O)[O-])cc1)C(=O)O)OC(C)(C)C. The van der Waals surface area contributed by atoms with Crippen LogP contribution in [0, 0.1) is 10.1 Å². The van der Waals surface area contributed by atoms with Crippen molar-refractivity contribution in [3.63, 3.8) is 0 Å². The fourth-order valence-electron chi connectivity index (χ4n) is 1.78. The second kappa shape index (κ2) is 6.93. The lowest BCUT2D eigenvalue weighted by Gasteiger charge is -2.25. The Labute approximate surface area is 128 Å². The lowest BCUT2D eigenvalue weighted by atomic mass is 10.1. The Hall–Kier alpha value is -2.57. The molecule has 0 amide bonds. The van der Waals surface area contributed by atoms with E-state index in [-0.39, 0.29) is 18.0 Å². The monoisotopic (exact) mass is 308 g/mol. The van der Waals surface area contributed by atoms with Crippen LogP contribution in [0.15, 0.2) is 36.7 Å². The molecule has 120 valence electrons. The number of nitrogens with zero attached hydrogens (tertiary/aromatic N) is 1. The Balaban J connectivity index is 2.74. The van der Waals surface area contributed by atoms with Crippen molar-refractivity contribution >= 4 is 11.7 Å². The van der Waals surface area contributed by atoms with Gasteiger partial charge in [-0.05, 0) is 32.9 Å². The summed E-state index contributed by atoms with van der Waals surface area (Å²) in [5, 5.41) is 22.6. The molecule has 0 saturated heterocycles. The third kappa shape index (κ3) is 5.82. The van der Waals surface area contributed by atoms with Crippen LogP contribution in [-0.2, 0) is 16.0 Å². The van der Waals surface area contributed by atoms with E-state index < -0.39 is 22.5 Å². The molecular formula is C15H20N2O5. The molecule has 1 aromatic rings. The van der Waals surface area contributed by atoms with Crippen LogP contribution in [0.4, 0.5) is 5.69 Å². The van der Waals surface area contributed by atoms with Gasteiger partial charge in [0.05, 0.1) is 4.92 Å². The molecule has 0 saturated carbocycles. The van der Waals surface area contributed by atoms with Crippen molar-refractivity contribution in [2.24, 2.45) is 0 Å². The number of hydrogen-bond donors (Lipinski definition) is 2. The molecule has 1 rings (SSSR count).